The van der Waals surface area contributed by atoms with Crippen molar-refractivity contribution in [1.82, 2.24) is 5.16 Å². The Labute approximate surface area is 67.9 Å². The minimum atomic E-state index is -1.18. The van der Waals surface area contributed by atoms with Crippen molar-refractivity contribution in [3.05, 3.63) is 11.8 Å². The van der Waals surface area contributed by atoms with Crippen molar-refractivity contribution in [3.8, 4) is 5.88 Å². The van der Waals surface area contributed by atoms with Gasteiger partial charge >= 0.3 is 5.97 Å². The largest absolute Gasteiger partial charge is 0.475 e. The zero-order valence-corrected chi connectivity index (χ0v) is 6.19. The summed E-state index contributed by atoms with van der Waals surface area (Å²) in [6.07, 6.45) is 0. The fraction of sp³-hybridized carbons (Fsp3) is 0.333. The molecule has 0 amide bonds. The highest BCUT2D eigenvalue weighted by atomic mass is 16.5. The molecular weight excluding hydrogens is 164 g/mol. The van der Waals surface area contributed by atoms with Crippen LogP contribution in [0.1, 0.15) is 10.6 Å². The number of aromatic nitrogens is 1. The number of hydrogen-bond donors (Lipinski definition) is 2. The van der Waals surface area contributed by atoms with Crippen molar-refractivity contribution in [3.63, 3.8) is 0 Å². The molecule has 0 aliphatic heterocycles. The molecule has 1 aromatic rings. The average molecular weight is 172 g/mol. The molecule has 0 spiro atoms. The lowest BCUT2D eigenvalue weighted by Gasteiger charge is -1.95. The zero-order valence-electron chi connectivity index (χ0n) is 6.19. The van der Waals surface area contributed by atoms with E-state index in [9.17, 15) is 4.79 Å². The van der Waals surface area contributed by atoms with Crippen LogP contribution in [0.2, 0.25) is 0 Å². The van der Waals surface area contributed by atoms with Gasteiger partial charge in [0.1, 0.15) is 6.61 Å². The Balaban J connectivity index is 2.58. The maximum atomic E-state index is 10.3. The first-order valence-electron chi connectivity index (χ1n) is 3.27. The van der Waals surface area contributed by atoms with E-state index in [-0.39, 0.29) is 18.2 Å². The Morgan fingerprint density at radius 3 is 3.08 bits per heavy atom. The highest BCUT2D eigenvalue weighted by Gasteiger charge is 2.10. The third-order valence-electron chi connectivity index (χ3n) is 1.07. The van der Waals surface area contributed by atoms with E-state index < -0.39 is 5.97 Å². The second-order valence-electron chi connectivity index (χ2n) is 1.97. The molecule has 1 heterocycles. The van der Waals surface area contributed by atoms with Gasteiger partial charge in [-0.2, -0.15) is 0 Å². The van der Waals surface area contributed by atoms with Gasteiger partial charge in [-0.15, -0.1) is 0 Å². The molecule has 0 saturated carbocycles. The summed E-state index contributed by atoms with van der Waals surface area (Å²) in [6, 6.07) is 1.19. The van der Waals surface area contributed by atoms with Crippen LogP contribution in [0.4, 0.5) is 0 Å². The molecule has 1 aromatic heterocycles. The summed E-state index contributed by atoms with van der Waals surface area (Å²) in [5, 5.41) is 11.8. The monoisotopic (exact) mass is 172 g/mol. The van der Waals surface area contributed by atoms with Gasteiger partial charge in [-0.25, -0.2) is 4.79 Å². The van der Waals surface area contributed by atoms with E-state index >= 15 is 0 Å². The molecule has 0 saturated heterocycles. The summed E-state index contributed by atoms with van der Waals surface area (Å²) in [5.74, 6) is -1.29. The van der Waals surface area contributed by atoms with Gasteiger partial charge in [-0.05, 0) is 5.16 Å². The number of ether oxygens (including phenoxy) is 1. The molecule has 0 aliphatic carbocycles. The fourth-order valence-corrected chi connectivity index (χ4v) is 0.591. The van der Waals surface area contributed by atoms with Crippen molar-refractivity contribution in [2.45, 2.75) is 0 Å². The maximum absolute atomic E-state index is 10.3. The molecule has 0 aliphatic rings. The van der Waals surface area contributed by atoms with Crippen LogP contribution < -0.4 is 10.5 Å². The van der Waals surface area contributed by atoms with Crippen LogP contribution in [0.25, 0.3) is 0 Å². The van der Waals surface area contributed by atoms with Crippen LogP contribution >= 0.6 is 0 Å². The summed E-state index contributed by atoms with van der Waals surface area (Å²) in [5.41, 5.74) is 5.14. The number of carbonyl (C=O) groups is 1. The minimum absolute atomic E-state index is 0.137. The first kappa shape index (κ1) is 8.54. The summed E-state index contributed by atoms with van der Waals surface area (Å²) in [6.45, 7) is 0.626. The summed E-state index contributed by atoms with van der Waals surface area (Å²) in [4.78, 5) is 10.3. The van der Waals surface area contributed by atoms with Crippen molar-refractivity contribution in [1.29, 1.82) is 0 Å². The van der Waals surface area contributed by atoms with Gasteiger partial charge in [0.15, 0.2) is 0 Å². The fourth-order valence-electron chi connectivity index (χ4n) is 0.591. The molecule has 6 heteroatoms. The normalized spacial score (nSPS) is 9.75. The molecule has 66 valence electrons. The van der Waals surface area contributed by atoms with Crippen LogP contribution in [0.15, 0.2) is 10.6 Å². The van der Waals surface area contributed by atoms with E-state index in [2.05, 4.69) is 9.68 Å². The molecule has 0 fully saturated rings. The number of nitrogens with two attached hydrogens (primary N) is 1. The second kappa shape index (κ2) is 3.72. The van der Waals surface area contributed by atoms with Gasteiger partial charge < -0.3 is 20.1 Å². The van der Waals surface area contributed by atoms with Gasteiger partial charge in [0, 0.05) is 6.54 Å². The number of nitrogens with zero attached hydrogens (tertiary/aromatic N) is 1. The lowest BCUT2D eigenvalue weighted by atomic mass is 10.5. The molecule has 0 atom stereocenters. The van der Waals surface area contributed by atoms with Crippen LogP contribution in [-0.4, -0.2) is 29.4 Å². The summed E-state index contributed by atoms with van der Waals surface area (Å²) < 4.78 is 9.30. The Bertz CT molecular complexity index is 270. The van der Waals surface area contributed by atoms with Crippen LogP contribution in [0.3, 0.4) is 0 Å². The smallest absolute Gasteiger partial charge is 0.374 e. The van der Waals surface area contributed by atoms with Crippen LogP contribution in [0.5, 0.6) is 5.88 Å². The number of carboxylic acids is 1. The average Bonchev–Trinajstić information content (AvgIpc) is 2.48. The van der Waals surface area contributed by atoms with Crippen molar-refractivity contribution in [2.75, 3.05) is 13.2 Å². The predicted molar refractivity (Wildman–Crippen MR) is 38.0 cm³/mol. The molecular formula is C6H8N2O4. The molecule has 1 rings (SSSR count). The molecule has 3 N–H and O–H groups in total. The topological polar surface area (TPSA) is 98.6 Å². The van der Waals surface area contributed by atoms with E-state index in [0.717, 1.165) is 0 Å². The third kappa shape index (κ3) is 1.96. The molecule has 0 bridgehead atoms. The lowest BCUT2D eigenvalue weighted by molar-refractivity contribution is 0.0651. The van der Waals surface area contributed by atoms with Gasteiger partial charge in [-0.1, -0.05) is 0 Å². The Hall–Kier alpha value is -1.56. The molecule has 0 radical (unpaired) electrons. The maximum Gasteiger partial charge on any atom is 0.374 e. The lowest BCUT2D eigenvalue weighted by Crippen LogP contribution is -2.10. The van der Waals surface area contributed by atoms with Gasteiger partial charge in [0.05, 0.1) is 6.07 Å². The number of aromatic carboxylic acids is 1. The quantitative estimate of drug-likeness (QED) is 0.647. The van der Waals surface area contributed by atoms with E-state index in [0.29, 0.717) is 6.54 Å². The van der Waals surface area contributed by atoms with E-state index in [4.69, 9.17) is 15.6 Å². The molecule has 0 unspecified atom stereocenters. The Kier molecular flexibility index (Phi) is 2.65. The summed E-state index contributed by atoms with van der Waals surface area (Å²) >= 11 is 0. The van der Waals surface area contributed by atoms with Crippen molar-refractivity contribution in [2.24, 2.45) is 5.73 Å². The highest BCUT2D eigenvalue weighted by Crippen LogP contribution is 2.10. The number of hydrogen-bond acceptors (Lipinski definition) is 5. The Morgan fingerprint density at radius 2 is 2.58 bits per heavy atom. The first-order valence-corrected chi connectivity index (χ1v) is 3.27. The minimum Gasteiger partial charge on any atom is -0.475 e. The van der Waals surface area contributed by atoms with Gasteiger partial charge in [-0.3, -0.25) is 0 Å². The van der Waals surface area contributed by atoms with Crippen LogP contribution in [0, 0.1) is 0 Å². The van der Waals surface area contributed by atoms with Gasteiger partial charge in [0.25, 0.3) is 5.88 Å². The van der Waals surface area contributed by atoms with Gasteiger partial charge in [0.2, 0.25) is 5.76 Å². The van der Waals surface area contributed by atoms with Crippen molar-refractivity contribution < 1.29 is 19.2 Å². The van der Waals surface area contributed by atoms with E-state index in [1.54, 1.807) is 0 Å². The third-order valence-corrected chi connectivity index (χ3v) is 1.07. The summed E-state index contributed by atoms with van der Waals surface area (Å²) in [7, 11) is 0. The van der Waals surface area contributed by atoms with E-state index in [1.807, 2.05) is 0 Å². The predicted octanol–water partition coefficient (Wildman–Crippen LogP) is -0.290. The first-order chi connectivity index (χ1) is 5.74. The number of carboxylic acid groups (broad SMARTS) is 1. The molecule has 12 heavy (non-hydrogen) atoms. The molecule has 0 aromatic carbocycles. The standard InChI is InChI=1S/C6H8N2O4/c7-1-2-11-5-3-4(6(9)10)12-8-5/h3H,1-2,7H2,(H,9,10). The van der Waals surface area contributed by atoms with E-state index in [1.165, 1.54) is 6.07 Å². The molecule has 6 nitrogen and oxygen atoms in total. The highest BCUT2D eigenvalue weighted by molar-refractivity contribution is 5.84. The zero-order chi connectivity index (χ0) is 8.97. The second-order valence-corrected chi connectivity index (χ2v) is 1.97. The van der Waals surface area contributed by atoms with Crippen LogP contribution in [-0.2, 0) is 0 Å². The number of rotatable bonds is 4. The Morgan fingerprint density at radius 1 is 1.83 bits per heavy atom. The van der Waals surface area contributed by atoms with Crippen molar-refractivity contribution >= 4 is 5.97 Å². The SMILES string of the molecule is NCCOc1cc(C(=O)O)on1.